The van der Waals surface area contributed by atoms with E-state index in [0.29, 0.717) is 13.0 Å². The van der Waals surface area contributed by atoms with Gasteiger partial charge in [0.25, 0.3) is 0 Å². The summed E-state index contributed by atoms with van der Waals surface area (Å²) in [7, 11) is 0. The van der Waals surface area contributed by atoms with Crippen LogP contribution in [0.25, 0.3) is 0 Å². The van der Waals surface area contributed by atoms with Crippen LogP contribution >= 0.6 is 0 Å². The van der Waals surface area contributed by atoms with Crippen LogP contribution in [0.1, 0.15) is 24.8 Å². The molecule has 18 heavy (non-hydrogen) atoms. The third kappa shape index (κ3) is 2.79. The van der Waals surface area contributed by atoms with Gasteiger partial charge in [-0.25, -0.2) is 0 Å². The number of aliphatic hydroxyl groups is 1. The number of hydrogen-bond donors (Lipinski definition) is 2. The van der Waals surface area contributed by atoms with E-state index in [-0.39, 0.29) is 6.42 Å². The second-order valence-electron chi connectivity index (χ2n) is 5.05. The van der Waals surface area contributed by atoms with Gasteiger partial charge in [-0.05, 0) is 31.4 Å². The first-order valence-corrected chi connectivity index (χ1v) is 6.16. The van der Waals surface area contributed by atoms with Gasteiger partial charge in [0.2, 0.25) is 5.91 Å². The molecule has 1 amide bonds. The molecule has 1 saturated heterocycles. The van der Waals surface area contributed by atoms with E-state index in [2.05, 4.69) is 9.88 Å². The summed E-state index contributed by atoms with van der Waals surface area (Å²) in [4.78, 5) is 17.2. The normalized spacial score (nSPS) is 24.0. The van der Waals surface area contributed by atoms with Gasteiger partial charge in [-0.15, -0.1) is 0 Å². The maximum atomic E-state index is 11.0. The second kappa shape index (κ2) is 4.94. The Hall–Kier alpha value is -1.62. The molecule has 1 atom stereocenters. The van der Waals surface area contributed by atoms with Gasteiger partial charge in [0, 0.05) is 31.2 Å². The zero-order valence-electron chi connectivity index (χ0n) is 10.6. The van der Waals surface area contributed by atoms with E-state index in [4.69, 9.17) is 5.73 Å². The van der Waals surface area contributed by atoms with Crippen LogP contribution in [0.4, 0.5) is 5.69 Å². The summed E-state index contributed by atoms with van der Waals surface area (Å²) < 4.78 is 0. The van der Waals surface area contributed by atoms with Crippen LogP contribution in [-0.2, 0) is 4.79 Å². The number of piperidine rings is 1. The molecule has 5 nitrogen and oxygen atoms in total. The van der Waals surface area contributed by atoms with Crippen LogP contribution in [0, 0.1) is 6.92 Å². The molecular weight excluding hydrogens is 230 g/mol. The van der Waals surface area contributed by atoms with Crippen LogP contribution in [0.2, 0.25) is 0 Å². The number of primary amides is 1. The number of rotatable bonds is 3. The second-order valence-corrected chi connectivity index (χ2v) is 5.05. The molecule has 0 aliphatic carbocycles. The molecule has 0 radical (unpaired) electrons. The smallest absolute Gasteiger partial charge is 0.220 e. The predicted octanol–water partition coefficient (Wildman–Crippen LogP) is 0.597. The Labute approximate surface area is 107 Å². The van der Waals surface area contributed by atoms with Crippen molar-refractivity contribution in [3.63, 3.8) is 0 Å². The van der Waals surface area contributed by atoms with Crippen LogP contribution in [0.3, 0.4) is 0 Å². The fourth-order valence-electron chi connectivity index (χ4n) is 2.61. The van der Waals surface area contributed by atoms with Gasteiger partial charge in [-0.2, -0.15) is 0 Å². The standard InChI is InChI=1S/C13H19N3O2/c1-10-8-15-5-3-11(10)16-6-2-4-13(18,9-16)7-12(14)17/h3,5,8,18H,2,4,6-7,9H2,1H3,(H2,14,17). The maximum absolute atomic E-state index is 11.0. The Bertz CT molecular complexity index is 450. The number of hydrogen-bond acceptors (Lipinski definition) is 4. The summed E-state index contributed by atoms with van der Waals surface area (Å²) in [6, 6.07) is 1.94. The van der Waals surface area contributed by atoms with Crippen LogP contribution in [0.15, 0.2) is 18.5 Å². The molecule has 3 N–H and O–H groups in total. The van der Waals surface area contributed by atoms with E-state index < -0.39 is 11.5 Å². The zero-order valence-corrected chi connectivity index (χ0v) is 10.6. The predicted molar refractivity (Wildman–Crippen MR) is 69.2 cm³/mol. The quantitative estimate of drug-likeness (QED) is 0.822. The van der Waals surface area contributed by atoms with Crippen molar-refractivity contribution in [2.45, 2.75) is 31.8 Å². The Morgan fingerprint density at radius 2 is 2.44 bits per heavy atom. The minimum Gasteiger partial charge on any atom is -0.388 e. The highest BCUT2D eigenvalue weighted by molar-refractivity contribution is 5.75. The number of pyridine rings is 1. The van der Waals surface area contributed by atoms with Crippen molar-refractivity contribution in [3.05, 3.63) is 24.0 Å². The summed E-state index contributed by atoms with van der Waals surface area (Å²) in [5.74, 6) is -0.453. The molecule has 0 aromatic carbocycles. The van der Waals surface area contributed by atoms with Gasteiger partial charge in [-0.3, -0.25) is 9.78 Å². The van der Waals surface area contributed by atoms with Crippen molar-refractivity contribution in [3.8, 4) is 0 Å². The van der Waals surface area contributed by atoms with E-state index in [1.807, 2.05) is 13.0 Å². The molecule has 1 unspecified atom stereocenters. The minimum atomic E-state index is -1.00. The molecule has 2 heterocycles. The Morgan fingerprint density at radius 3 is 3.11 bits per heavy atom. The average Bonchev–Trinajstić information content (AvgIpc) is 2.27. The van der Waals surface area contributed by atoms with Gasteiger partial charge in [0.15, 0.2) is 0 Å². The monoisotopic (exact) mass is 249 g/mol. The van der Waals surface area contributed by atoms with E-state index in [1.54, 1.807) is 12.4 Å². The summed E-state index contributed by atoms with van der Waals surface area (Å²) in [6.45, 7) is 3.32. The fraction of sp³-hybridized carbons (Fsp3) is 0.538. The molecular formula is C13H19N3O2. The number of aryl methyl sites for hydroxylation is 1. The van der Waals surface area contributed by atoms with Crippen molar-refractivity contribution in [2.75, 3.05) is 18.0 Å². The highest BCUT2D eigenvalue weighted by Crippen LogP contribution is 2.29. The molecule has 5 heteroatoms. The zero-order chi connectivity index (χ0) is 13.2. The Kier molecular flexibility index (Phi) is 3.52. The van der Waals surface area contributed by atoms with E-state index in [1.165, 1.54) is 0 Å². The summed E-state index contributed by atoms with van der Waals surface area (Å²) in [6.07, 6.45) is 5.04. The van der Waals surface area contributed by atoms with E-state index in [0.717, 1.165) is 24.2 Å². The number of nitrogens with zero attached hydrogens (tertiary/aromatic N) is 2. The van der Waals surface area contributed by atoms with Crippen molar-refractivity contribution in [1.82, 2.24) is 4.98 Å². The Morgan fingerprint density at radius 1 is 1.67 bits per heavy atom. The maximum Gasteiger partial charge on any atom is 0.220 e. The first kappa shape index (κ1) is 12.8. The highest BCUT2D eigenvalue weighted by Gasteiger charge is 2.35. The summed E-state index contributed by atoms with van der Waals surface area (Å²) in [5.41, 5.74) is 6.33. The molecule has 1 aliphatic heterocycles. The van der Waals surface area contributed by atoms with E-state index in [9.17, 15) is 9.90 Å². The highest BCUT2D eigenvalue weighted by atomic mass is 16.3. The number of aromatic nitrogens is 1. The van der Waals surface area contributed by atoms with Gasteiger partial charge in [0.05, 0.1) is 12.0 Å². The first-order valence-electron chi connectivity index (χ1n) is 6.16. The number of β-amino-alcohol motifs (C(OH)–C–C–N with tert-alkyl or cyclic N) is 1. The lowest BCUT2D eigenvalue weighted by molar-refractivity contribution is -0.123. The van der Waals surface area contributed by atoms with Crippen molar-refractivity contribution >= 4 is 11.6 Å². The molecule has 1 aromatic heterocycles. The van der Waals surface area contributed by atoms with Gasteiger partial charge >= 0.3 is 0 Å². The Balaban J connectivity index is 2.16. The number of carbonyl (C=O) groups is 1. The van der Waals surface area contributed by atoms with Crippen molar-refractivity contribution in [1.29, 1.82) is 0 Å². The van der Waals surface area contributed by atoms with Crippen LogP contribution < -0.4 is 10.6 Å². The fourth-order valence-corrected chi connectivity index (χ4v) is 2.61. The summed E-state index contributed by atoms with van der Waals surface area (Å²) in [5, 5.41) is 10.4. The SMILES string of the molecule is Cc1cnccc1N1CCCC(O)(CC(N)=O)C1. The van der Waals surface area contributed by atoms with Crippen molar-refractivity contribution in [2.24, 2.45) is 5.73 Å². The molecule has 98 valence electrons. The van der Waals surface area contributed by atoms with Crippen LogP contribution in [-0.4, -0.2) is 34.7 Å². The average molecular weight is 249 g/mol. The largest absolute Gasteiger partial charge is 0.388 e. The molecule has 1 aliphatic rings. The van der Waals surface area contributed by atoms with E-state index >= 15 is 0 Å². The molecule has 1 fully saturated rings. The lowest BCUT2D eigenvalue weighted by Gasteiger charge is -2.40. The van der Waals surface area contributed by atoms with Gasteiger partial charge in [-0.1, -0.05) is 0 Å². The number of nitrogens with two attached hydrogens (primary N) is 1. The molecule has 2 rings (SSSR count). The third-order valence-electron chi connectivity index (χ3n) is 3.39. The number of amides is 1. The van der Waals surface area contributed by atoms with Crippen molar-refractivity contribution < 1.29 is 9.90 Å². The summed E-state index contributed by atoms with van der Waals surface area (Å²) >= 11 is 0. The van der Waals surface area contributed by atoms with Gasteiger partial charge < -0.3 is 15.7 Å². The molecule has 0 saturated carbocycles. The molecule has 1 aromatic rings. The molecule has 0 spiro atoms. The third-order valence-corrected chi connectivity index (χ3v) is 3.39. The lowest BCUT2D eigenvalue weighted by Crippen LogP contribution is -2.50. The lowest BCUT2D eigenvalue weighted by atomic mass is 9.89. The van der Waals surface area contributed by atoms with Gasteiger partial charge in [0.1, 0.15) is 0 Å². The minimum absolute atomic E-state index is 0.0215. The topological polar surface area (TPSA) is 79.4 Å². The number of anilines is 1. The van der Waals surface area contributed by atoms with Crippen LogP contribution in [0.5, 0.6) is 0 Å². The molecule has 0 bridgehead atoms. The first-order chi connectivity index (χ1) is 8.50. The number of carbonyl (C=O) groups excluding carboxylic acids is 1.